The molecule has 9 nitrogen and oxygen atoms in total. The number of aromatic nitrogens is 3. The van der Waals surface area contributed by atoms with Gasteiger partial charge in [-0.3, -0.25) is 0 Å². The highest BCUT2D eigenvalue weighted by atomic mass is 32.2. The van der Waals surface area contributed by atoms with Gasteiger partial charge in [-0.2, -0.15) is 10.5 Å². The van der Waals surface area contributed by atoms with Crippen LogP contribution in [0.5, 0.6) is 0 Å². The smallest absolute Gasteiger partial charge is 0.420 e. The Morgan fingerprint density at radius 1 is 1.13 bits per heavy atom. The van der Waals surface area contributed by atoms with E-state index in [9.17, 15) is 15.3 Å². The summed E-state index contributed by atoms with van der Waals surface area (Å²) in [5.74, 6) is 1.24. The van der Waals surface area contributed by atoms with Gasteiger partial charge in [-0.15, -0.1) is 11.8 Å². The first kappa shape index (κ1) is 27.4. The van der Waals surface area contributed by atoms with Gasteiger partial charge in [0.05, 0.1) is 22.2 Å². The molecule has 0 N–H and O–H groups in total. The molecule has 3 aromatic rings. The van der Waals surface area contributed by atoms with E-state index in [0.717, 1.165) is 43.7 Å². The van der Waals surface area contributed by atoms with Crippen LogP contribution >= 0.6 is 11.8 Å². The highest BCUT2D eigenvalue weighted by Crippen LogP contribution is 2.34. The highest BCUT2D eigenvalue weighted by molar-refractivity contribution is 7.98. The molecular weight excluding hydrogens is 498 g/mol. The molecule has 3 heterocycles. The Hall–Kier alpha value is -3.60. The Balaban J connectivity index is 1.63. The van der Waals surface area contributed by atoms with Crippen molar-refractivity contribution in [1.29, 1.82) is 10.5 Å². The van der Waals surface area contributed by atoms with E-state index in [0.29, 0.717) is 45.2 Å². The number of pyridine rings is 1. The third-order valence-corrected chi connectivity index (χ3v) is 7.47. The van der Waals surface area contributed by atoms with Crippen LogP contribution in [-0.4, -0.2) is 64.4 Å². The summed E-state index contributed by atoms with van der Waals surface area (Å²) >= 11 is 1.48. The molecule has 2 aromatic heterocycles. The highest BCUT2D eigenvalue weighted by Gasteiger charge is 2.24. The van der Waals surface area contributed by atoms with Gasteiger partial charge in [0.1, 0.15) is 34.9 Å². The van der Waals surface area contributed by atoms with Gasteiger partial charge in [-0.25, -0.2) is 19.3 Å². The first-order valence-electron chi connectivity index (χ1n) is 12.8. The first-order chi connectivity index (χ1) is 18.1. The number of fused-ring (bicyclic) bond motifs is 1. The van der Waals surface area contributed by atoms with E-state index >= 15 is 0 Å². The van der Waals surface area contributed by atoms with E-state index in [4.69, 9.17) is 9.72 Å². The Bertz CT molecular complexity index is 1430. The van der Waals surface area contributed by atoms with Crippen LogP contribution < -0.4 is 4.90 Å². The van der Waals surface area contributed by atoms with Crippen LogP contribution in [0.3, 0.4) is 0 Å². The van der Waals surface area contributed by atoms with Gasteiger partial charge < -0.3 is 14.5 Å². The Morgan fingerprint density at radius 2 is 1.89 bits per heavy atom. The molecule has 10 heteroatoms. The van der Waals surface area contributed by atoms with E-state index in [2.05, 4.69) is 34.0 Å². The van der Waals surface area contributed by atoms with Crippen LogP contribution in [0.1, 0.15) is 56.4 Å². The normalized spacial score (nSPS) is 14.7. The number of likely N-dealkylation sites (N-methyl/N-ethyl adjacent to an activating group) is 1. The average Bonchev–Trinajstić information content (AvgIpc) is 3.18. The molecule has 0 radical (unpaired) electrons. The van der Waals surface area contributed by atoms with Gasteiger partial charge in [-0.1, -0.05) is 13.0 Å². The van der Waals surface area contributed by atoms with Crippen LogP contribution in [-0.2, 0) is 16.9 Å². The number of thioether (sulfide) groups is 1. The molecule has 0 amide bonds. The SMILES string of the molecule is CCc1c(C#N)c(SCc2ccc3c(c2)ncn3C(=O)OC(C)(C)C)nc(N2CCCN(C)CC2)c1C#N. The average molecular weight is 532 g/mol. The molecule has 1 aliphatic heterocycles. The second-order valence-electron chi connectivity index (χ2n) is 10.4. The fraction of sp³-hybridized carbons (Fsp3) is 0.464. The van der Waals surface area contributed by atoms with Crippen LogP contribution in [0.4, 0.5) is 10.6 Å². The monoisotopic (exact) mass is 531 g/mol. The number of imidazole rings is 1. The van der Waals surface area contributed by atoms with E-state index in [1.807, 2.05) is 45.9 Å². The second kappa shape index (κ2) is 11.4. The summed E-state index contributed by atoms with van der Waals surface area (Å²) in [5.41, 5.74) is 3.48. The van der Waals surface area contributed by atoms with Crippen molar-refractivity contribution in [3.05, 3.63) is 46.8 Å². The van der Waals surface area contributed by atoms with Crippen LogP contribution in [0.2, 0.25) is 0 Å². The van der Waals surface area contributed by atoms with Gasteiger partial charge in [0.15, 0.2) is 0 Å². The Kier molecular flexibility index (Phi) is 8.25. The van der Waals surface area contributed by atoms with Crippen molar-refractivity contribution >= 4 is 34.7 Å². The summed E-state index contributed by atoms with van der Waals surface area (Å²) in [6, 6.07) is 10.4. The number of carbonyl (C=O) groups is 1. The number of rotatable bonds is 5. The molecule has 1 fully saturated rings. The standard InChI is InChI=1S/C28H33N7O2S/c1-6-20-21(15-29)25(34-11-7-10-33(5)12-13-34)32-26(22(20)16-30)38-17-19-8-9-24-23(14-19)31-18-35(24)27(36)37-28(2,3)4/h8-9,14,18H,6-7,10-13,17H2,1-5H3. The number of ether oxygens (including phenoxy) is 1. The predicted molar refractivity (Wildman–Crippen MR) is 148 cm³/mol. The second-order valence-corrected chi connectivity index (χ2v) is 11.4. The van der Waals surface area contributed by atoms with Gasteiger partial charge in [0, 0.05) is 25.4 Å². The first-order valence-corrected chi connectivity index (χ1v) is 13.8. The zero-order chi connectivity index (χ0) is 27.4. The van der Waals surface area contributed by atoms with Gasteiger partial charge in [0.2, 0.25) is 0 Å². The van der Waals surface area contributed by atoms with Gasteiger partial charge in [-0.05, 0) is 70.5 Å². The quantitative estimate of drug-likeness (QED) is 0.422. The number of hydrogen-bond acceptors (Lipinski definition) is 9. The molecule has 1 aromatic carbocycles. The van der Waals surface area contributed by atoms with Crippen molar-refractivity contribution in [1.82, 2.24) is 19.4 Å². The number of nitrogens with zero attached hydrogens (tertiary/aromatic N) is 7. The molecule has 1 saturated heterocycles. The zero-order valence-corrected chi connectivity index (χ0v) is 23.4. The molecule has 0 unspecified atom stereocenters. The fourth-order valence-electron chi connectivity index (χ4n) is 4.53. The Labute approximate surface area is 228 Å². The van der Waals surface area contributed by atoms with E-state index in [1.54, 1.807) is 0 Å². The predicted octanol–water partition coefficient (Wildman–Crippen LogP) is 4.95. The van der Waals surface area contributed by atoms with E-state index < -0.39 is 11.7 Å². The third-order valence-electron chi connectivity index (χ3n) is 6.42. The molecular formula is C28H33N7O2S. The number of carbonyl (C=O) groups excluding carboxylic acids is 1. The lowest BCUT2D eigenvalue weighted by atomic mass is 10.0. The summed E-state index contributed by atoms with van der Waals surface area (Å²) < 4.78 is 6.89. The topological polar surface area (TPSA) is 111 Å². The van der Waals surface area contributed by atoms with Crippen molar-refractivity contribution in [2.24, 2.45) is 0 Å². The lowest BCUT2D eigenvalue weighted by molar-refractivity contribution is 0.0543. The van der Waals surface area contributed by atoms with Gasteiger partial charge >= 0.3 is 6.09 Å². The maximum absolute atomic E-state index is 12.5. The van der Waals surface area contributed by atoms with Crippen LogP contribution in [0.15, 0.2) is 29.6 Å². The largest absolute Gasteiger partial charge is 0.443 e. The summed E-state index contributed by atoms with van der Waals surface area (Å²) in [6.45, 7) is 11.0. The maximum Gasteiger partial charge on any atom is 0.420 e. The summed E-state index contributed by atoms with van der Waals surface area (Å²) in [4.78, 5) is 26.3. The molecule has 0 spiro atoms. The van der Waals surface area contributed by atoms with E-state index in [-0.39, 0.29) is 0 Å². The van der Waals surface area contributed by atoms with Crippen molar-refractivity contribution in [3.8, 4) is 12.1 Å². The summed E-state index contributed by atoms with van der Waals surface area (Å²) in [7, 11) is 2.10. The molecule has 0 aliphatic carbocycles. The fourth-order valence-corrected chi connectivity index (χ4v) is 5.48. The summed E-state index contributed by atoms with van der Waals surface area (Å²) in [6.07, 6.45) is 2.57. The molecule has 4 rings (SSSR count). The number of hydrogen-bond donors (Lipinski definition) is 0. The minimum atomic E-state index is -0.601. The van der Waals surface area contributed by atoms with E-state index in [1.165, 1.54) is 22.7 Å². The van der Waals surface area contributed by atoms with Crippen molar-refractivity contribution in [2.75, 3.05) is 38.1 Å². The lowest BCUT2D eigenvalue weighted by Crippen LogP contribution is -2.30. The summed E-state index contributed by atoms with van der Waals surface area (Å²) in [5, 5.41) is 20.7. The van der Waals surface area contributed by atoms with Crippen LogP contribution in [0.25, 0.3) is 11.0 Å². The third kappa shape index (κ3) is 5.93. The van der Waals surface area contributed by atoms with Crippen molar-refractivity contribution in [3.63, 3.8) is 0 Å². The minimum absolute atomic E-state index is 0.470. The molecule has 0 saturated carbocycles. The molecule has 1 aliphatic rings. The van der Waals surface area contributed by atoms with Crippen molar-refractivity contribution in [2.45, 2.75) is 56.9 Å². The number of anilines is 1. The lowest BCUT2D eigenvalue weighted by Gasteiger charge is -2.25. The molecule has 38 heavy (non-hydrogen) atoms. The number of nitriles is 2. The zero-order valence-electron chi connectivity index (χ0n) is 22.6. The van der Waals surface area contributed by atoms with Crippen LogP contribution in [0, 0.1) is 22.7 Å². The molecule has 198 valence electrons. The molecule has 0 atom stereocenters. The molecule has 0 bridgehead atoms. The van der Waals surface area contributed by atoms with Crippen molar-refractivity contribution < 1.29 is 9.53 Å². The van der Waals surface area contributed by atoms with Gasteiger partial charge in [0.25, 0.3) is 0 Å². The number of benzene rings is 1. The Morgan fingerprint density at radius 3 is 2.58 bits per heavy atom. The maximum atomic E-state index is 12.5. The minimum Gasteiger partial charge on any atom is -0.443 e.